The molecular formula is C22H18AsN3O6. The molecule has 1 aromatic heterocycles. The van der Waals surface area contributed by atoms with Crippen LogP contribution < -0.4 is 9.67 Å². The minimum absolute atomic E-state index is 0.0541. The van der Waals surface area contributed by atoms with Gasteiger partial charge in [0.25, 0.3) is 0 Å². The SMILES string of the molecule is CCOC(=O)CC(=O)[AsH]c1cccc2cc(C(=O)Nc3ccc(C#N)cc3C(=O)O)[nH]c12. The number of amides is 1. The number of fused-ring (bicyclic) bond motifs is 1. The average Bonchev–Trinajstić information content (AvgIpc) is 3.19. The molecule has 0 aliphatic carbocycles. The van der Waals surface area contributed by atoms with Gasteiger partial charge in [0, 0.05) is 0 Å². The topological polar surface area (TPSA) is 149 Å². The van der Waals surface area contributed by atoms with E-state index in [-0.39, 0.29) is 40.1 Å². The van der Waals surface area contributed by atoms with E-state index in [1.807, 2.05) is 6.07 Å². The number of carbonyl (C=O) groups excluding carboxylic acids is 3. The number of carboxylic acids is 1. The van der Waals surface area contributed by atoms with Crippen molar-refractivity contribution < 1.29 is 29.0 Å². The van der Waals surface area contributed by atoms with Gasteiger partial charge in [0.2, 0.25) is 0 Å². The molecule has 1 unspecified atom stereocenters. The Hall–Kier alpha value is -3.89. The van der Waals surface area contributed by atoms with Crippen LogP contribution in [0.4, 0.5) is 5.69 Å². The van der Waals surface area contributed by atoms with E-state index in [0.717, 1.165) is 4.35 Å². The molecule has 0 saturated carbocycles. The second-order valence-electron chi connectivity index (χ2n) is 6.61. The zero-order valence-electron chi connectivity index (χ0n) is 16.9. The average molecular weight is 495 g/mol. The van der Waals surface area contributed by atoms with Crippen LogP contribution in [0.3, 0.4) is 0 Å². The Balaban J connectivity index is 1.83. The number of nitrogens with zero attached hydrogens (tertiary/aromatic N) is 1. The molecule has 1 heterocycles. The molecule has 10 heteroatoms. The third-order valence-corrected chi connectivity index (χ3v) is 6.81. The first kappa shape index (κ1) is 22.8. The monoisotopic (exact) mass is 495 g/mol. The van der Waals surface area contributed by atoms with Crippen LogP contribution in [0.25, 0.3) is 10.9 Å². The van der Waals surface area contributed by atoms with Crippen molar-refractivity contribution in [3.63, 3.8) is 0 Å². The number of carboxylic acid groups (broad SMARTS) is 1. The fourth-order valence-corrected chi connectivity index (χ4v) is 5.20. The van der Waals surface area contributed by atoms with Gasteiger partial charge < -0.3 is 0 Å². The molecule has 1 amide bonds. The first-order chi connectivity index (χ1) is 15.3. The van der Waals surface area contributed by atoms with Gasteiger partial charge in [0.1, 0.15) is 0 Å². The van der Waals surface area contributed by atoms with Crippen LogP contribution in [0.5, 0.6) is 0 Å². The number of anilines is 1. The Morgan fingerprint density at radius 1 is 1.19 bits per heavy atom. The van der Waals surface area contributed by atoms with E-state index in [4.69, 9.17) is 10.00 Å². The third kappa shape index (κ3) is 5.23. The Labute approximate surface area is 189 Å². The molecule has 0 fully saturated rings. The number of nitriles is 1. The summed E-state index contributed by atoms with van der Waals surface area (Å²) >= 11 is -1.33. The first-order valence-electron chi connectivity index (χ1n) is 9.48. The molecule has 3 rings (SSSR count). The number of carbonyl (C=O) groups is 4. The van der Waals surface area contributed by atoms with Gasteiger partial charge in [-0.15, -0.1) is 0 Å². The van der Waals surface area contributed by atoms with Crippen LogP contribution in [-0.4, -0.2) is 54.9 Å². The number of aromatic nitrogens is 1. The molecule has 3 aromatic rings. The molecule has 0 radical (unpaired) electrons. The fraction of sp³-hybridized carbons (Fsp3) is 0.136. The van der Waals surface area contributed by atoms with E-state index in [0.29, 0.717) is 10.9 Å². The van der Waals surface area contributed by atoms with Gasteiger partial charge in [-0.3, -0.25) is 0 Å². The number of hydrogen-bond acceptors (Lipinski definition) is 6. The van der Waals surface area contributed by atoms with Gasteiger partial charge in [-0.1, -0.05) is 0 Å². The van der Waals surface area contributed by atoms with Crippen molar-refractivity contribution in [2.45, 2.75) is 13.3 Å². The van der Waals surface area contributed by atoms with Crippen molar-refractivity contribution in [2.75, 3.05) is 11.9 Å². The number of hydrogen-bond donors (Lipinski definition) is 3. The molecule has 0 saturated heterocycles. The zero-order valence-corrected chi connectivity index (χ0v) is 19.0. The minimum atomic E-state index is -1.33. The summed E-state index contributed by atoms with van der Waals surface area (Å²) in [5, 5.41) is 21.6. The van der Waals surface area contributed by atoms with Gasteiger partial charge in [-0.2, -0.15) is 0 Å². The molecule has 9 nitrogen and oxygen atoms in total. The van der Waals surface area contributed by atoms with E-state index >= 15 is 0 Å². The van der Waals surface area contributed by atoms with Crippen LogP contribution in [0, 0.1) is 11.3 Å². The fourth-order valence-electron chi connectivity index (χ4n) is 3.01. The van der Waals surface area contributed by atoms with Crippen molar-refractivity contribution in [3.05, 3.63) is 59.3 Å². The summed E-state index contributed by atoms with van der Waals surface area (Å²) in [7, 11) is 0. The van der Waals surface area contributed by atoms with Gasteiger partial charge in [-0.25, -0.2) is 0 Å². The van der Waals surface area contributed by atoms with E-state index in [2.05, 4.69) is 10.3 Å². The van der Waals surface area contributed by atoms with Crippen molar-refractivity contribution in [1.82, 2.24) is 4.98 Å². The number of aromatic amines is 1. The predicted molar refractivity (Wildman–Crippen MR) is 117 cm³/mol. The van der Waals surface area contributed by atoms with E-state index < -0.39 is 33.6 Å². The Kier molecular flexibility index (Phi) is 7.08. The number of nitrogens with one attached hydrogen (secondary N) is 2. The molecule has 0 spiro atoms. The molecule has 32 heavy (non-hydrogen) atoms. The van der Waals surface area contributed by atoms with Crippen LogP contribution in [0.15, 0.2) is 42.5 Å². The number of benzene rings is 2. The summed E-state index contributed by atoms with van der Waals surface area (Å²) in [6.07, 6.45) is -0.283. The maximum atomic E-state index is 12.7. The predicted octanol–water partition coefficient (Wildman–Crippen LogP) is 1.53. The second-order valence-corrected chi connectivity index (χ2v) is 9.44. The standard InChI is InChI=1S/C22H18AsN3O6/c1-2-32-19(28)10-18(27)23-15-5-3-4-13-9-17(25-20(13)15)21(29)26-16-7-6-12(11-24)8-14(16)22(30)31/h3-9,23,25H,2,10H2,1H3,(H,26,29)(H,30,31). The number of ether oxygens (including phenoxy) is 1. The zero-order chi connectivity index (χ0) is 23.3. The Morgan fingerprint density at radius 3 is 2.66 bits per heavy atom. The van der Waals surface area contributed by atoms with Crippen LogP contribution in [0.2, 0.25) is 0 Å². The molecule has 3 N–H and O–H groups in total. The summed E-state index contributed by atoms with van der Waals surface area (Å²) in [5.74, 6) is -2.41. The van der Waals surface area contributed by atoms with E-state index in [9.17, 15) is 24.3 Å². The summed E-state index contributed by atoms with van der Waals surface area (Å²) in [6, 6.07) is 12.7. The molecule has 162 valence electrons. The summed E-state index contributed by atoms with van der Waals surface area (Å²) in [5.41, 5.74) is 0.808. The Bertz CT molecular complexity index is 1270. The number of esters is 1. The quantitative estimate of drug-likeness (QED) is 0.244. The van der Waals surface area contributed by atoms with Gasteiger partial charge in [0.15, 0.2) is 0 Å². The normalized spacial score (nSPS) is 10.8. The summed E-state index contributed by atoms with van der Waals surface area (Å²) in [6.45, 7) is 1.88. The van der Waals surface area contributed by atoms with E-state index in [1.54, 1.807) is 31.2 Å². The van der Waals surface area contributed by atoms with Crippen molar-refractivity contribution in [2.24, 2.45) is 0 Å². The second kappa shape index (κ2) is 9.94. The molecule has 0 aliphatic heterocycles. The number of para-hydroxylation sites is 1. The van der Waals surface area contributed by atoms with Gasteiger partial charge >= 0.3 is 189 Å². The van der Waals surface area contributed by atoms with Crippen molar-refractivity contribution in [3.8, 4) is 6.07 Å². The third-order valence-electron chi connectivity index (χ3n) is 4.41. The van der Waals surface area contributed by atoms with Crippen molar-refractivity contribution in [1.29, 1.82) is 5.26 Å². The maximum absolute atomic E-state index is 12.7. The molecule has 2 aromatic carbocycles. The first-order valence-corrected chi connectivity index (χ1v) is 11.6. The molecule has 0 bridgehead atoms. The van der Waals surface area contributed by atoms with Gasteiger partial charge in [-0.05, 0) is 0 Å². The van der Waals surface area contributed by atoms with Gasteiger partial charge in [0.05, 0.1) is 0 Å². The number of aromatic carboxylic acids is 1. The van der Waals surface area contributed by atoms with Crippen LogP contribution in [-0.2, 0) is 14.3 Å². The molecule has 1 atom stereocenters. The van der Waals surface area contributed by atoms with E-state index in [1.165, 1.54) is 18.2 Å². The molecular weight excluding hydrogens is 477 g/mol. The molecule has 0 aliphatic rings. The van der Waals surface area contributed by atoms with Crippen LogP contribution in [0.1, 0.15) is 39.8 Å². The summed E-state index contributed by atoms with van der Waals surface area (Å²) < 4.78 is 5.35. The summed E-state index contributed by atoms with van der Waals surface area (Å²) in [4.78, 5) is 51.0. The van der Waals surface area contributed by atoms with Crippen molar-refractivity contribution >= 4 is 59.1 Å². The number of H-pyrrole nitrogens is 1. The number of rotatable bonds is 8. The van der Waals surface area contributed by atoms with Crippen LogP contribution >= 0.6 is 0 Å². The Morgan fingerprint density at radius 2 is 1.97 bits per heavy atom.